The smallest absolute Gasteiger partial charge is 0.231 e. The van der Waals surface area contributed by atoms with Gasteiger partial charge in [-0.3, -0.25) is 0 Å². The molecule has 5 rings (SSSR count). The van der Waals surface area contributed by atoms with E-state index < -0.39 is 0 Å². The Morgan fingerprint density at radius 2 is 1.47 bits per heavy atom. The van der Waals surface area contributed by atoms with Crippen LogP contribution in [-0.4, -0.2) is 26.3 Å². The van der Waals surface area contributed by atoms with Gasteiger partial charge in [-0.15, -0.1) is 0 Å². The highest BCUT2D eigenvalue weighted by Crippen LogP contribution is 2.33. The van der Waals surface area contributed by atoms with E-state index in [0.717, 1.165) is 58.5 Å². The number of imidazole rings is 1. The predicted octanol–water partition coefficient (Wildman–Crippen LogP) is 5.76. The summed E-state index contributed by atoms with van der Waals surface area (Å²) in [5, 5.41) is 0. The quantitative estimate of drug-likeness (QED) is 0.389. The first kappa shape index (κ1) is 25.0. The first-order valence-electron chi connectivity index (χ1n) is 11.7. The first-order chi connectivity index (χ1) is 16.5. The molecule has 1 aliphatic heterocycles. The lowest BCUT2D eigenvalue weighted by Crippen LogP contribution is -2.07. The van der Waals surface area contributed by atoms with Crippen LogP contribution in [0.15, 0.2) is 60.9 Å². The molecule has 0 aliphatic carbocycles. The Hall–Kier alpha value is -3.67. The lowest BCUT2D eigenvalue weighted by Gasteiger charge is -2.12. The predicted molar refractivity (Wildman–Crippen MR) is 135 cm³/mol. The van der Waals surface area contributed by atoms with Crippen molar-refractivity contribution in [3.8, 4) is 11.5 Å². The van der Waals surface area contributed by atoms with Crippen molar-refractivity contribution in [2.24, 2.45) is 7.05 Å². The van der Waals surface area contributed by atoms with Crippen LogP contribution in [0.5, 0.6) is 11.5 Å². The van der Waals surface area contributed by atoms with Crippen LogP contribution in [0, 0.1) is 20.8 Å². The number of ether oxygens (including phenoxy) is 2. The number of aryl methyl sites for hydroxylation is 3. The summed E-state index contributed by atoms with van der Waals surface area (Å²) < 4.78 is 12.8. The van der Waals surface area contributed by atoms with Crippen molar-refractivity contribution in [1.29, 1.82) is 0 Å². The van der Waals surface area contributed by atoms with E-state index in [1.807, 2.05) is 63.7 Å². The molecule has 0 amide bonds. The monoisotopic (exact) mass is 458 g/mol. The van der Waals surface area contributed by atoms with Crippen LogP contribution in [0.25, 0.3) is 0 Å². The Balaban J connectivity index is 0.000000306. The van der Waals surface area contributed by atoms with Gasteiger partial charge in [0.15, 0.2) is 11.5 Å². The first-order valence-corrected chi connectivity index (χ1v) is 11.7. The average molecular weight is 459 g/mol. The summed E-state index contributed by atoms with van der Waals surface area (Å²) in [6.07, 6.45) is 5.29. The number of nitrogens with zero attached hydrogens (tertiary/aromatic N) is 4. The van der Waals surface area contributed by atoms with Crippen molar-refractivity contribution in [2.45, 2.75) is 47.5 Å². The van der Waals surface area contributed by atoms with Crippen LogP contribution >= 0.6 is 0 Å². The van der Waals surface area contributed by atoms with Crippen LogP contribution in [0.1, 0.15) is 53.6 Å². The summed E-state index contributed by atoms with van der Waals surface area (Å²) in [5.41, 5.74) is 5.74. The molecule has 2 aromatic carbocycles. The van der Waals surface area contributed by atoms with Crippen LogP contribution in [0.4, 0.5) is 0 Å². The number of fused-ring (bicyclic) bond motifs is 1. The zero-order chi connectivity index (χ0) is 24.5. The van der Waals surface area contributed by atoms with Crippen LogP contribution in [0.2, 0.25) is 0 Å². The van der Waals surface area contributed by atoms with E-state index in [-0.39, 0.29) is 0 Å². The molecule has 0 unspecified atom stereocenters. The molecular formula is C28H34N4O2. The maximum atomic E-state index is 5.48. The summed E-state index contributed by atoms with van der Waals surface area (Å²) >= 11 is 0. The molecule has 0 saturated carbocycles. The van der Waals surface area contributed by atoms with Crippen LogP contribution < -0.4 is 9.47 Å². The van der Waals surface area contributed by atoms with Gasteiger partial charge in [0.05, 0.1) is 11.4 Å². The van der Waals surface area contributed by atoms with Gasteiger partial charge in [-0.2, -0.15) is 0 Å². The molecular weight excluding hydrogens is 424 g/mol. The minimum atomic E-state index is 0.297. The van der Waals surface area contributed by atoms with Crippen molar-refractivity contribution in [1.82, 2.24) is 19.5 Å². The standard InChI is InChI=1S/C21H20N2O2.C5H8N2.C2H6/c1-14-18(10-16-6-4-3-5-7-16)22-15(2)23-19(14)11-17-8-9-20-21(12-17)25-13-24-20;1-5-6-3-4-7(5)2;1-2/h3-9,12H,10-11,13H2,1-2H3;3-4H,1-2H3;1-2H3. The topological polar surface area (TPSA) is 62.1 Å². The van der Waals surface area contributed by atoms with Gasteiger partial charge in [-0.05, 0) is 49.6 Å². The third-order valence-corrected chi connectivity index (χ3v) is 5.54. The van der Waals surface area contributed by atoms with Gasteiger partial charge in [0.2, 0.25) is 6.79 Å². The van der Waals surface area contributed by atoms with E-state index in [4.69, 9.17) is 9.47 Å². The van der Waals surface area contributed by atoms with Gasteiger partial charge in [-0.1, -0.05) is 50.2 Å². The summed E-state index contributed by atoms with van der Waals surface area (Å²) in [6.45, 7) is 10.3. The van der Waals surface area contributed by atoms with Gasteiger partial charge >= 0.3 is 0 Å². The van der Waals surface area contributed by atoms with Gasteiger partial charge in [0, 0.05) is 32.3 Å². The number of hydrogen-bond acceptors (Lipinski definition) is 5. The fraction of sp³-hybridized carbons (Fsp3) is 0.321. The van der Waals surface area contributed by atoms with Gasteiger partial charge in [0.25, 0.3) is 0 Å². The summed E-state index contributed by atoms with van der Waals surface area (Å²) in [4.78, 5) is 13.3. The lowest BCUT2D eigenvalue weighted by molar-refractivity contribution is 0.174. The second-order valence-corrected chi connectivity index (χ2v) is 7.90. The SMILES string of the molecule is CC.Cc1nc(Cc2ccccc2)c(C)c(Cc2ccc3c(c2)OCO3)n1.Cc1nccn1C. The molecule has 0 saturated heterocycles. The normalized spacial score (nSPS) is 11.2. The molecule has 2 aromatic heterocycles. The molecule has 178 valence electrons. The summed E-state index contributed by atoms with van der Waals surface area (Å²) in [6, 6.07) is 16.5. The number of aromatic nitrogens is 4. The molecule has 0 bridgehead atoms. The van der Waals surface area contributed by atoms with Gasteiger partial charge in [0.1, 0.15) is 11.6 Å². The highest BCUT2D eigenvalue weighted by atomic mass is 16.7. The van der Waals surface area contributed by atoms with Gasteiger partial charge in [-0.25, -0.2) is 15.0 Å². The Labute approximate surface area is 202 Å². The van der Waals surface area contributed by atoms with Gasteiger partial charge < -0.3 is 14.0 Å². The molecule has 6 nitrogen and oxygen atoms in total. The number of benzene rings is 2. The van der Waals surface area contributed by atoms with E-state index in [0.29, 0.717) is 6.79 Å². The van der Waals surface area contributed by atoms with E-state index >= 15 is 0 Å². The van der Waals surface area contributed by atoms with E-state index in [1.54, 1.807) is 6.20 Å². The Kier molecular flexibility index (Phi) is 8.79. The van der Waals surface area contributed by atoms with Crippen LogP contribution in [-0.2, 0) is 19.9 Å². The average Bonchev–Trinajstić information content (AvgIpc) is 3.47. The second-order valence-electron chi connectivity index (χ2n) is 7.90. The minimum absolute atomic E-state index is 0.297. The third-order valence-electron chi connectivity index (χ3n) is 5.54. The molecule has 3 heterocycles. The fourth-order valence-corrected chi connectivity index (χ4v) is 3.57. The number of rotatable bonds is 4. The highest BCUT2D eigenvalue weighted by Gasteiger charge is 2.15. The number of hydrogen-bond donors (Lipinski definition) is 0. The maximum Gasteiger partial charge on any atom is 0.231 e. The molecule has 0 radical (unpaired) electrons. The molecule has 0 spiro atoms. The highest BCUT2D eigenvalue weighted by molar-refractivity contribution is 5.46. The Morgan fingerprint density at radius 3 is 2.06 bits per heavy atom. The van der Waals surface area contributed by atoms with Crippen molar-refractivity contribution >= 4 is 0 Å². The molecule has 0 atom stereocenters. The molecule has 0 fully saturated rings. The second kappa shape index (κ2) is 12.0. The van der Waals surface area contributed by atoms with E-state index in [2.05, 4.69) is 52.2 Å². The molecule has 34 heavy (non-hydrogen) atoms. The van der Waals surface area contributed by atoms with Crippen molar-refractivity contribution < 1.29 is 9.47 Å². The Morgan fingerprint density at radius 1 is 0.824 bits per heavy atom. The zero-order valence-corrected chi connectivity index (χ0v) is 21.0. The van der Waals surface area contributed by atoms with Crippen molar-refractivity contribution in [3.05, 3.63) is 101 Å². The maximum absolute atomic E-state index is 5.48. The van der Waals surface area contributed by atoms with E-state index in [1.165, 1.54) is 5.56 Å². The Bertz CT molecular complexity index is 1190. The molecule has 4 aromatic rings. The van der Waals surface area contributed by atoms with E-state index in [9.17, 15) is 0 Å². The largest absolute Gasteiger partial charge is 0.454 e. The minimum Gasteiger partial charge on any atom is -0.454 e. The molecule has 6 heteroatoms. The lowest BCUT2D eigenvalue weighted by atomic mass is 10.0. The summed E-state index contributed by atoms with van der Waals surface area (Å²) in [5.74, 6) is 3.49. The van der Waals surface area contributed by atoms with Crippen molar-refractivity contribution in [2.75, 3.05) is 6.79 Å². The summed E-state index contributed by atoms with van der Waals surface area (Å²) in [7, 11) is 1.97. The van der Waals surface area contributed by atoms with Crippen LogP contribution in [0.3, 0.4) is 0 Å². The molecule has 1 aliphatic rings. The third kappa shape index (κ3) is 6.44. The zero-order valence-electron chi connectivity index (χ0n) is 21.0. The fourth-order valence-electron chi connectivity index (χ4n) is 3.57. The van der Waals surface area contributed by atoms with Crippen molar-refractivity contribution in [3.63, 3.8) is 0 Å². The molecule has 0 N–H and O–H groups in total.